The fourth-order valence-electron chi connectivity index (χ4n) is 1.63. The molecule has 0 amide bonds. The second-order valence-corrected chi connectivity index (χ2v) is 3.91. The average molecular weight is 268 g/mol. The number of hydrogen-bond donors (Lipinski definition) is 1. The van der Waals surface area contributed by atoms with E-state index in [4.69, 9.17) is 10.5 Å². The van der Waals surface area contributed by atoms with Crippen molar-refractivity contribution in [1.82, 2.24) is 4.98 Å². The predicted molar refractivity (Wildman–Crippen MR) is 65.6 cm³/mol. The van der Waals surface area contributed by atoms with E-state index in [1.165, 1.54) is 31.4 Å². The number of ether oxygens (including phenoxy) is 1. The molecule has 0 radical (unpaired) electrons. The zero-order chi connectivity index (χ0) is 14.0. The van der Waals surface area contributed by atoms with Gasteiger partial charge < -0.3 is 10.5 Å². The van der Waals surface area contributed by atoms with Gasteiger partial charge in [0.05, 0.1) is 18.4 Å². The Morgan fingerprint density at radius 1 is 1.16 bits per heavy atom. The lowest BCUT2D eigenvalue weighted by Crippen LogP contribution is -2.04. The van der Waals surface area contributed by atoms with Gasteiger partial charge in [-0.05, 0) is 18.2 Å². The van der Waals surface area contributed by atoms with E-state index in [0.717, 1.165) is 12.1 Å². The first kappa shape index (κ1) is 13.2. The van der Waals surface area contributed by atoms with E-state index in [2.05, 4.69) is 4.98 Å². The number of rotatable bonds is 2. The van der Waals surface area contributed by atoms with Crippen LogP contribution in [0.4, 0.5) is 18.9 Å². The van der Waals surface area contributed by atoms with Gasteiger partial charge in [0.15, 0.2) is 0 Å². The van der Waals surface area contributed by atoms with Crippen molar-refractivity contribution in [3.63, 3.8) is 0 Å². The molecule has 0 saturated heterocycles. The normalized spacial score (nSPS) is 11.4. The minimum absolute atomic E-state index is 0.257. The van der Waals surface area contributed by atoms with Crippen LogP contribution in [0, 0.1) is 0 Å². The van der Waals surface area contributed by atoms with E-state index in [1.54, 1.807) is 0 Å². The lowest BCUT2D eigenvalue weighted by atomic mass is 10.1. The number of anilines is 1. The average Bonchev–Trinajstić information content (AvgIpc) is 2.37. The van der Waals surface area contributed by atoms with E-state index in [9.17, 15) is 13.2 Å². The van der Waals surface area contributed by atoms with Crippen LogP contribution in [0.15, 0.2) is 36.4 Å². The summed E-state index contributed by atoms with van der Waals surface area (Å²) in [5.74, 6) is 0.257. The van der Waals surface area contributed by atoms with Gasteiger partial charge in [0.1, 0.15) is 0 Å². The molecule has 2 aromatic rings. The van der Waals surface area contributed by atoms with Gasteiger partial charge >= 0.3 is 6.18 Å². The highest BCUT2D eigenvalue weighted by atomic mass is 19.4. The summed E-state index contributed by atoms with van der Waals surface area (Å²) in [5.41, 5.74) is 5.97. The number of alkyl halides is 3. The van der Waals surface area contributed by atoms with Crippen LogP contribution in [0.3, 0.4) is 0 Å². The lowest BCUT2D eigenvalue weighted by Gasteiger charge is -2.09. The summed E-state index contributed by atoms with van der Waals surface area (Å²) in [6, 6.07) is 7.90. The van der Waals surface area contributed by atoms with Crippen molar-refractivity contribution < 1.29 is 17.9 Å². The molecule has 0 aliphatic heterocycles. The lowest BCUT2D eigenvalue weighted by molar-refractivity contribution is -0.137. The first-order valence-electron chi connectivity index (χ1n) is 5.39. The molecule has 2 N–H and O–H groups in total. The molecule has 100 valence electrons. The van der Waals surface area contributed by atoms with Crippen molar-refractivity contribution in [2.75, 3.05) is 12.8 Å². The minimum atomic E-state index is -4.39. The second-order valence-electron chi connectivity index (χ2n) is 3.91. The van der Waals surface area contributed by atoms with Crippen LogP contribution < -0.4 is 10.5 Å². The van der Waals surface area contributed by atoms with Crippen LogP contribution in [0.2, 0.25) is 0 Å². The SMILES string of the molecule is COc1cc(N)cc(-c2cccc(C(F)(F)F)c2)n1. The first-order valence-corrected chi connectivity index (χ1v) is 5.39. The van der Waals surface area contributed by atoms with E-state index in [0.29, 0.717) is 16.9 Å². The Morgan fingerprint density at radius 2 is 1.89 bits per heavy atom. The van der Waals surface area contributed by atoms with Gasteiger partial charge in [0, 0.05) is 17.3 Å². The van der Waals surface area contributed by atoms with E-state index in [-0.39, 0.29) is 5.88 Å². The molecule has 0 aliphatic carbocycles. The number of pyridine rings is 1. The maximum Gasteiger partial charge on any atom is 0.416 e. The van der Waals surface area contributed by atoms with Crippen LogP contribution in [0.5, 0.6) is 5.88 Å². The molecule has 19 heavy (non-hydrogen) atoms. The van der Waals surface area contributed by atoms with E-state index in [1.807, 2.05) is 0 Å². The summed E-state index contributed by atoms with van der Waals surface area (Å²) in [6.45, 7) is 0. The number of nitrogens with two attached hydrogens (primary N) is 1. The monoisotopic (exact) mass is 268 g/mol. The van der Waals surface area contributed by atoms with Gasteiger partial charge in [-0.25, -0.2) is 4.98 Å². The van der Waals surface area contributed by atoms with Gasteiger partial charge in [0.25, 0.3) is 0 Å². The molecule has 3 nitrogen and oxygen atoms in total. The van der Waals surface area contributed by atoms with Crippen molar-refractivity contribution in [2.45, 2.75) is 6.18 Å². The first-order chi connectivity index (χ1) is 8.90. The standard InChI is InChI=1S/C13H11F3N2O/c1-19-12-7-10(17)6-11(18-12)8-3-2-4-9(5-8)13(14,15)16/h2-7H,1H3,(H2,17,18). The smallest absolute Gasteiger partial charge is 0.416 e. The summed E-state index contributed by atoms with van der Waals surface area (Å²) in [5, 5.41) is 0. The third-order valence-electron chi connectivity index (χ3n) is 2.52. The van der Waals surface area contributed by atoms with Crippen LogP contribution in [-0.2, 0) is 6.18 Å². The Morgan fingerprint density at radius 3 is 2.53 bits per heavy atom. The molecule has 0 spiro atoms. The summed E-state index contributed by atoms with van der Waals surface area (Å²) >= 11 is 0. The molecule has 1 heterocycles. The molecule has 0 fully saturated rings. The highest BCUT2D eigenvalue weighted by Gasteiger charge is 2.30. The van der Waals surface area contributed by atoms with E-state index >= 15 is 0 Å². The Bertz CT molecular complexity index is 597. The van der Waals surface area contributed by atoms with Gasteiger partial charge in [-0.2, -0.15) is 13.2 Å². The summed E-state index contributed by atoms with van der Waals surface area (Å²) < 4.78 is 42.9. The molecule has 1 aromatic carbocycles. The Hall–Kier alpha value is -2.24. The molecule has 0 atom stereocenters. The molecule has 0 aliphatic rings. The van der Waals surface area contributed by atoms with Gasteiger partial charge in [0.2, 0.25) is 5.88 Å². The highest BCUT2D eigenvalue weighted by Crippen LogP contribution is 2.32. The maximum atomic E-state index is 12.6. The largest absolute Gasteiger partial charge is 0.481 e. The molecule has 6 heteroatoms. The summed E-state index contributed by atoms with van der Waals surface area (Å²) in [7, 11) is 1.41. The summed E-state index contributed by atoms with van der Waals surface area (Å²) in [6.07, 6.45) is -4.39. The molecule has 0 unspecified atom stereocenters. The molecular formula is C13H11F3N2O. The highest BCUT2D eigenvalue weighted by molar-refractivity contribution is 5.65. The topological polar surface area (TPSA) is 48.1 Å². The number of nitrogens with zero attached hydrogens (tertiary/aromatic N) is 1. The predicted octanol–water partition coefficient (Wildman–Crippen LogP) is 3.36. The van der Waals surface area contributed by atoms with Gasteiger partial charge in [-0.1, -0.05) is 12.1 Å². The number of methoxy groups -OCH3 is 1. The van der Waals surface area contributed by atoms with Gasteiger partial charge in [-0.15, -0.1) is 0 Å². The summed E-state index contributed by atoms with van der Waals surface area (Å²) in [4.78, 5) is 4.08. The Labute approximate surface area is 107 Å². The van der Waals surface area contributed by atoms with Crippen molar-refractivity contribution >= 4 is 5.69 Å². The number of halogens is 3. The van der Waals surface area contributed by atoms with Crippen LogP contribution in [0.1, 0.15) is 5.56 Å². The number of aromatic nitrogens is 1. The molecular weight excluding hydrogens is 257 g/mol. The quantitative estimate of drug-likeness (QED) is 0.908. The Kier molecular flexibility index (Phi) is 3.33. The fraction of sp³-hybridized carbons (Fsp3) is 0.154. The molecule has 1 aromatic heterocycles. The third-order valence-corrected chi connectivity index (χ3v) is 2.52. The van der Waals surface area contributed by atoms with Gasteiger partial charge in [-0.3, -0.25) is 0 Å². The van der Waals surface area contributed by atoms with E-state index < -0.39 is 11.7 Å². The van der Waals surface area contributed by atoms with Crippen LogP contribution in [0.25, 0.3) is 11.3 Å². The van der Waals surface area contributed by atoms with Crippen LogP contribution in [-0.4, -0.2) is 12.1 Å². The minimum Gasteiger partial charge on any atom is -0.481 e. The van der Waals surface area contributed by atoms with Crippen molar-refractivity contribution in [1.29, 1.82) is 0 Å². The Balaban J connectivity index is 2.50. The fourth-order valence-corrected chi connectivity index (χ4v) is 1.63. The molecule has 0 saturated carbocycles. The second kappa shape index (κ2) is 4.79. The van der Waals surface area contributed by atoms with Crippen molar-refractivity contribution in [3.8, 4) is 17.1 Å². The number of nitrogen functional groups attached to an aromatic ring is 1. The van der Waals surface area contributed by atoms with Crippen LogP contribution >= 0.6 is 0 Å². The molecule has 2 rings (SSSR count). The number of benzene rings is 1. The third kappa shape index (κ3) is 2.96. The van der Waals surface area contributed by atoms with Crippen molar-refractivity contribution in [3.05, 3.63) is 42.0 Å². The molecule has 0 bridgehead atoms. The number of hydrogen-bond acceptors (Lipinski definition) is 3. The zero-order valence-electron chi connectivity index (χ0n) is 10.0. The zero-order valence-corrected chi connectivity index (χ0v) is 10.0. The maximum absolute atomic E-state index is 12.6. The van der Waals surface area contributed by atoms with Crippen molar-refractivity contribution in [2.24, 2.45) is 0 Å².